The molecule has 1 aromatic rings. The molecule has 1 heteroatoms. The Hall–Kier alpha value is -1.30. The molecule has 0 aliphatic rings. The third kappa shape index (κ3) is 5.46. The Morgan fingerprint density at radius 2 is 1.79 bits per heavy atom. The molecule has 104 valence electrons. The quantitative estimate of drug-likeness (QED) is 0.508. The van der Waals surface area contributed by atoms with Gasteiger partial charge in [-0.1, -0.05) is 69.0 Å². The summed E-state index contributed by atoms with van der Waals surface area (Å²) >= 11 is 0. The van der Waals surface area contributed by atoms with Crippen molar-refractivity contribution < 1.29 is 5.11 Å². The van der Waals surface area contributed by atoms with Crippen molar-refractivity contribution in [3.63, 3.8) is 0 Å². The molecule has 0 spiro atoms. The zero-order chi connectivity index (χ0) is 14.1. The van der Waals surface area contributed by atoms with E-state index < -0.39 is 6.10 Å². The summed E-state index contributed by atoms with van der Waals surface area (Å²) in [5.41, 5.74) is 5.98. The predicted molar refractivity (Wildman–Crippen MR) is 82.2 cm³/mol. The molecule has 0 amide bonds. The fraction of sp³-hybridized carbons (Fsp3) is 0.500. The highest BCUT2D eigenvalue weighted by atomic mass is 16.3. The lowest BCUT2D eigenvalue weighted by atomic mass is 9.96. The van der Waals surface area contributed by atoms with Crippen LogP contribution in [-0.4, -0.2) is 5.11 Å². The third-order valence-corrected chi connectivity index (χ3v) is 3.50. The van der Waals surface area contributed by atoms with Gasteiger partial charge in [-0.3, -0.25) is 0 Å². The highest BCUT2D eigenvalue weighted by Gasteiger charge is 2.12. The summed E-state index contributed by atoms with van der Waals surface area (Å²) in [5, 5.41) is 10.3. The van der Waals surface area contributed by atoms with E-state index in [2.05, 4.69) is 19.2 Å². The first-order valence-corrected chi connectivity index (χ1v) is 7.32. The van der Waals surface area contributed by atoms with Gasteiger partial charge in [-0.2, -0.15) is 0 Å². The topological polar surface area (TPSA) is 20.2 Å². The van der Waals surface area contributed by atoms with Crippen LogP contribution in [0.25, 0.3) is 0 Å². The van der Waals surface area contributed by atoms with E-state index in [1.54, 1.807) is 0 Å². The Morgan fingerprint density at radius 3 is 2.37 bits per heavy atom. The molecule has 0 saturated carbocycles. The van der Waals surface area contributed by atoms with Crippen LogP contribution in [0.15, 0.2) is 42.1 Å². The van der Waals surface area contributed by atoms with Gasteiger partial charge in [-0.15, -0.1) is 5.73 Å². The Labute approximate surface area is 117 Å². The molecule has 0 fully saturated rings. The van der Waals surface area contributed by atoms with E-state index in [9.17, 15) is 5.11 Å². The van der Waals surface area contributed by atoms with Crippen LogP contribution in [0.4, 0.5) is 0 Å². The molecular formula is C18H26O. The highest BCUT2D eigenvalue weighted by Crippen LogP contribution is 2.25. The molecule has 0 radical (unpaired) electrons. The summed E-state index contributed by atoms with van der Waals surface area (Å²) in [6.07, 6.45) is 6.51. The predicted octanol–water partition coefficient (Wildman–Crippen LogP) is 5.10. The number of benzene rings is 1. The zero-order valence-electron chi connectivity index (χ0n) is 12.3. The summed E-state index contributed by atoms with van der Waals surface area (Å²) in [4.78, 5) is 0. The van der Waals surface area contributed by atoms with Gasteiger partial charge in [0, 0.05) is 5.57 Å². The van der Waals surface area contributed by atoms with Crippen LogP contribution < -0.4 is 0 Å². The van der Waals surface area contributed by atoms with Crippen molar-refractivity contribution in [1.29, 1.82) is 0 Å². The van der Waals surface area contributed by atoms with Gasteiger partial charge < -0.3 is 5.11 Å². The van der Waals surface area contributed by atoms with Crippen molar-refractivity contribution in [1.82, 2.24) is 0 Å². The number of unbranched alkanes of at least 4 members (excludes halogenated alkanes) is 4. The number of aryl methyl sites for hydroxylation is 1. The van der Waals surface area contributed by atoms with E-state index in [0.717, 1.165) is 24.0 Å². The van der Waals surface area contributed by atoms with E-state index in [1.165, 1.54) is 31.2 Å². The van der Waals surface area contributed by atoms with Crippen molar-refractivity contribution in [2.24, 2.45) is 0 Å². The second-order valence-electron chi connectivity index (χ2n) is 5.18. The SMILES string of the molecule is C=C=C(CCCCCCC)C(O)c1ccc(C)cc1. The van der Waals surface area contributed by atoms with Gasteiger partial charge in [-0.25, -0.2) is 0 Å². The number of hydrogen-bond donors (Lipinski definition) is 1. The van der Waals surface area contributed by atoms with E-state index in [-0.39, 0.29) is 0 Å². The van der Waals surface area contributed by atoms with Gasteiger partial charge in [0.2, 0.25) is 0 Å². The molecule has 1 rings (SSSR count). The average Bonchev–Trinajstić information content (AvgIpc) is 2.43. The van der Waals surface area contributed by atoms with E-state index in [0.29, 0.717) is 0 Å². The van der Waals surface area contributed by atoms with E-state index >= 15 is 0 Å². The molecule has 1 aromatic carbocycles. The van der Waals surface area contributed by atoms with Gasteiger partial charge in [0.1, 0.15) is 6.10 Å². The average molecular weight is 258 g/mol. The fourth-order valence-electron chi connectivity index (χ4n) is 2.19. The fourth-order valence-corrected chi connectivity index (χ4v) is 2.19. The minimum Gasteiger partial charge on any atom is -0.383 e. The first kappa shape index (κ1) is 15.8. The maximum atomic E-state index is 10.3. The molecule has 1 N–H and O–H groups in total. The standard InChI is InChI=1S/C18H26O/c1-4-6-7-8-9-10-16(5-2)18(19)17-13-11-15(3)12-14-17/h11-14,18-19H,2,4,6-10H2,1,3H3. The van der Waals surface area contributed by atoms with Crippen molar-refractivity contribution in [3.8, 4) is 0 Å². The van der Waals surface area contributed by atoms with Gasteiger partial charge in [0.15, 0.2) is 0 Å². The summed E-state index contributed by atoms with van der Waals surface area (Å²) in [7, 11) is 0. The Morgan fingerprint density at radius 1 is 1.16 bits per heavy atom. The second kappa shape index (κ2) is 8.74. The van der Waals surface area contributed by atoms with Gasteiger partial charge >= 0.3 is 0 Å². The van der Waals surface area contributed by atoms with E-state index in [4.69, 9.17) is 0 Å². The van der Waals surface area contributed by atoms with Gasteiger partial charge in [-0.05, 0) is 25.3 Å². The third-order valence-electron chi connectivity index (χ3n) is 3.50. The molecule has 0 aliphatic heterocycles. The summed E-state index contributed by atoms with van der Waals surface area (Å²) in [6, 6.07) is 8.02. The first-order chi connectivity index (χ1) is 9.19. The van der Waals surface area contributed by atoms with Crippen molar-refractivity contribution in [3.05, 3.63) is 53.3 Å². The van der Waals surface area contributed by atoms with E-state index in [1.807, 2.05) is 31.2 Å². The lowest BCUT2D eigenvalue weighted by molar-refractivity contribution is 0.210. The molecule has 19 heavy (non-hydrogen) atoms. The highest BCUT2D eigenvalue weighted by molar-refractivity contribution is 5.28. The lowest BCUT2D eigenvalue weighted by Crippen LogP contribution is -2.01. The Kier molecular flexibility index (Phi) is 7.25. The summed E-state index contributed by atoms with van der Waals surface area (Å²) < 4.78 is 0. The largest absolute Gasteiger partial charge is 0.383 e. The van der Waals surface area contributed by atoms with Gasteiger partial charge in [0.25, 0.3) is 0 Å². The van der Waals surface area contributed by atoms with Crippen LogP contribution in [0.5, 0.6) is 0 Å². The molecule has 0 bridgehead atoms. The molecular weight excluding hydrogens is 232 g/mol. The number of rotatable bonds is 8. The Balaban J connectivity index is 2.50. The molecule has 0 aliphatic carbocycles. The van der Waals surface area contributed by atoms with Crippen LogP contribution >= 0.6 is 0 Å². The summed E-state index contributed by atoms with van der Waals surface area (Å²) in [6.45, 7) is 7.99. The zero-order valence-corrected chi connectivity index (χ0v) is 12.3. The number of hydrogen-bond acceptors (Lipinski definition) is 1. The maximum absolute atomic E-state index is 10.3. The maximum Gasteiger partial charge on any atom is 0.107 e. The van der Waals surface area contributed by atoms with Crippen LogP contribution in [0, 0.1) is 6.92 Å². The van der Waals surface area contributed by atoms with Crippen LogP contribution in [0.3, 0.4) is 0 Å². The second-order valence-corrected chi connectivity index (χ2v) is 5.18. The molecule has 0 heterocycles. The molecule has 0 aromatic heterocycles. The van der Waals surface area contributed by atoms with Crippen LogP contribution in [0.1, 0.15) is 62.7 Å². The van der Waals surface area contributed by atoms with Crippen LogP contribution in [-0.2, 0) is 0 Å². The van der Waals surface area contributed by atoms with Crippen molar-refractivity contribution in [2.75, 3.05) is 0 Å². The lowest BCUT2D eigenvalue weighted by Gasteiger charge is -2.14. The first-order valence-electron chi connectivity index (χ1n) is 7.32. The number of aliphatic hydroxyl groups is 1. The smallest absolute Gasteiger partial charge is 0.107 e. The minimum absolute atomic E-state index is 0.552. The van der Waals surface area contributed by atoms with Gasteiger partial charge in [0.05, 0.1) is 0 Å². The molecule has 1 unspecified atom stereocenters. The van der Waals surface area contributed by atoms with Crippen molar-refractivity contribution >= 4 is 0 Å². The molecule has 0 saturated heterocycles. The van der Waals surface area contributed by atoms with Crippen molar-refractivity contribution in [2.45, 2.75) is 58.5 Å². The minimum atomic E-state index is -0.552. The van der Waals surface area contributed by atoms with Crippen LogP contribution in [0.2, 0.25) is 0 Å². The molecule has 1 nitrogen and oxygen atoms in total. The Bertz CT molecular complexity index is 410. The summed E-state index contributed by atoms with van der Waals surface area (Å²) in [5.74, 6) is 0. The number of aliphatic hydroxyl groups excluding tert-OH is 1. The monoisotopic (exact) mass is 258 g/mol. The molecule has 1 atom stereocenters. The normalized spacial score (nSPS) is 11.9.